The van der Waals surface area contributed by atoms with Crippen LogP contribution in [0, 0.1) is 0 Å². The van der Waals surface area contributed by atoms with Gasteiger partial charge in [0.2, 0.25) is 0 Å². The van der Waals surface area contributed by atoms with Crippen molar-refractivity contribution in [3.05, 3.63) is 58.2 Å². The molecule has 4 heteroatoms. The monoisotopic (exact) mass is 425 g/mol. The Bertz CT molecular complexity index is 812. The molecule has 1 fully saturated rings. The molecule has 0 spiro atoms. The van der Waals surface area contributed by atoms with Crippen molar-refractivity contribution in [3.63, 3.8) is 0 Å². The highest BCUT2D eigenvalue weighted by molar-refractivity contribution is 7.84. The Morgan fingerprint density at radius 2 is 1.43 bits per heavy atom. The summed E-state index contributed by atoms with van der Waals surface area (Å²) in [6.07, 6.45) is 14.3. The molecular weight excluding hydrogens is 390 g/mol. The van der Waals surface area contributed by atoms with Crippen LogP contribution in [0.25, 0.3) is 0 Å². The second-order valence-corrected chi connectivity index (χ2v) is 8.73. The van der Waals surface area contributed by atoms with E-state index < -0.39 is 0 Å². The number of aryl methyl sites for hydroxylation is 1. The van der Waals surface area contributed by atoms with Crippen LogP contribution in [-0.4, -0.2) is 11.8 Å². The largest absolute Gasteiger partial charge is 0.273 e. The van der Waals surface area contributed by atoms with Gasteiger partial charge in [-0.3, -0.25) is 9.59 Å². The predicted octanol–water partition coefficient (Wildman–Crippen LogP) is 6.94. The van der Waals surface area contributed by atoms with Gasteiger partial charge in [-0.2, -0.15) is 0 Å². The lowest BCUT2D eigenvalue weighted by Crippen LogP contribution is -2.29. The molecule has 30 heavy (non-hydrogen) atoms. The van der Waals surface area contributed by atoms with E-state index in [1.54, 1.807) is 6.92 Å². The SMILES string of the molecule is C=C=C1C(=O)N(c2ccc(CCCCCCCCCCCC)cc2)C(=O)/C1=C(\C)S. The highest BCUT2D eigenvalue weighted by Crippen LogP contribution is 2.32. The van der Waals surface area contributed by atoms with E-state index in [9.17, 15) is 9.59 Å². The standard InChI is InChI=1S/C26H35NO2S/c1-4-6-7-8-9-10-11-12-13-14-15-21-16-18-22(19-17-21)27-25(28)23(5-2)24(20(3)30)26(27)29/h16-19,30H,2,4,6-15H2,1,3H3/b24-20+. The first-order valence-corrected chi connectivity index (χ1v) is 11.7. The second-order valence-electron chi connectivity index (χ2n) is 8.06. The number of allylic oxidation sites excluding steroid dienone is 1. The fourth-order valence-corrected chi connectivity index (χ4v) is 4.10. The molecule has 0 atom stereocenters. The summed E-state index contributed by atoms with van der Waals surface area (Å²) in [6, 6.07) is 7.71. The summed E-state index contributed by atoms with van der Waals surface area (Å²) < 4.78 is 0. The molecule has 1 aliphatic heterocycles. The van der Waals surface area contributed by atoms with Gasteiger partial charge in [0.15, 0.2) is 0 Å². The summed E-state index contributed by atoms with van der Waals surface area (Å²) in [5.41, 5.74) is 4.89. The number of hydrogen-bond acceptors (Lipinski definition) is 3. The molecule has 0 N–H and O–H groups in total. The van der Waals surface area contributed by atoms with Gasteiger partial charge >= 0.3 is 0 Å². The van der Waals surface area contributed by atoms with Crippen LogP contribution in [0.4, 0.5) is 5.69 Å². The van der Waals surface area contributed by atoms with Crippen molar-refractivity contribution in [2.24, 2.45) is 0 Å². The zero-order chi connectivity index (χ0) is 21.9. The molecule has 1 saturated heterocycles. The maximum Gasteiger partial charge on any atom is 0.273 e. The third-order valence-electron chi connectivity index (χ3n) is 5.64. The average Bonchev–Trinajstić information content (AvgIpc) is 2.99. The van der Waals surface area contributed by atoms with E-state index in [1.165, 1.54) is 74.7 Å². The molecule has 0 unspecified atom stereocenters. The number of carbonyl (C=O) groups excluding carboxylic acids is 2. The lowest BCUT2D eigenvalue weighted by atomic mass is 10.0. The average molecular weight is 426 g/mol. The molecule has 2 rings (SSSR count). The highest BCUT2D eigenvalue weighted by atomic mass is 32.1. The molecule has 0 aliphatic carbocycles. The van der Waals surface area contributed by atoms with Gasteiger partial charge in [0, 0.05) is 0 Å². The van der Waals surface area contributed by atoms with Gasteiger partial charge in [0.05, 0.1) is 16.8 Å². The number of hydrogen-bond donors (Lipinski definition) is 1. The number of unbranched alkanes of at least 4 members (excludes halogenated alkanes) is 9. The van der Waals surface area contributed by atoms with Crippen LogP contribution in [0.15, 0.2) is 52.6 Å². The zero-order valence-electron chi connectivity index (χ0n) is 18.5. The minimum absolute atomic E-state index is 0.196. The summed E-state index contributed by atoms with van der Waals surface area (Å²) >= 11 is 4.25. The quantitative estimate of drug-likeness (QED) is 0.129. The van der Waals surface area contributed by atoms with Gasteiger partial charge in [0.25, 0.3) is 11.8 Å². The summed E-state index contributed by atoms with van der Waals surface area (Å²) in [4.78, 5) is 27.0. The first kappa shape index (κ1) is 24.2. The number of imide groups is 1. The normalized spacial score (nSPS) is 15.7. The lowest BCUT2D eigenvalue weighted by Gasteiger charge is -2.13. The third-order valence-corrected chi connectivity index (χ3v) is 5.86. The summed E-state index contributed by atoms with van der Waals surface area (Å²) in [7, 11) is 0. The van der Waals surface area contributed by atoms with Crippen molar-refractivity contribution in [2.45, 2.75) is 84.5 Å². The summed E-state index contributed by atoms with van der Waals surface area (Å²) in [5, 5.41) is 0. The van der Waals surface area contributed by atoms with E-state index >= 15 is 0 Å². The summed E-state index contributed by atoms with van der Waals surface area (Å²) in [6.45, 7) is 7.50. The van der Waals surface area contributed by atoms with Gasteiger partial charge in [-0.1, -0.05) is 83.4 Å². The van der Waals surface area contributed by atoms with E-state index in [-0.39, 0.29) is 23.0 Å². The van der Waals surface area contributed by atoms with E-state index in [0.29, 0.717) is 10.6 Å². The van der Waals surface area contributed by atoms with Gasteiger partial charge in [-0.05, 0) is 42.4 Å². The van der Waals surface area contributed by atoms with Crippen LogP contribution >= 0.6 is 12.6 Å². The third kappa shape index (κ3) is 6.48. The Morgan fingerprint density at radius 3 is 1.90 bits per heavy atom. The smallest absolute Gasteiger partial charge is 0.268 e. The highest BCUT2D eigenvalue weighted by Gasteiger charge is 2.40. The van der Waals surface area contributed by atoms with Crippen molar-refractivity contribution in [2.75, 3.05) is 4.90 Å². The van der Waals surface area contributed by atoms with E-state index in [0.717, 1.165) is 6.42 Å². The fraction of sp³-hybridized carbons (Fsp3) is 0.500. The molecule has 0 bridgehead atoms. The van der Waals surface area contributed by atoms with E-state index in [1.807, 2.05) is 24.3 Å². The van der Waals surface area contributed by atoms with Crippen LogP contribution < -0.4 is 4.90 Å². The van der Waals surface area contributed by atoms with Crippen LogP contribution in [0.1, 0.15) is 83.6 Å². The molecule has 1 aromatic carbocycles. The van der Waals surface area contributed by atoms with Crippen LogP contribution in [0.5, 0.6) is 0 Å². The lowest BCUT2D eigenvalue weighted by molar-refractivity contribution is -0.119. The van der Waals surface area contributed by atoms with Crippen molar-refractivity contribution in [1.82, 2.24) is 0 Å². The Kier molecular flexibility index (Phi) is 10.2. The minimum atomic E-state index is -0.388. The van der Waals surface area contributed by atoms with Gasteiger partial charge in [0.1, 0.15) is 0 Å². The predicted molar refractivity (Wildman–Crippen MR) is 129 cm³/mol. The zero-order valence-corrected chi connectivity index (χ0v) is 19.4. The molecule has 1 aromatic rings. The maximum atomic E-state index is 12.7. The molecule has 0 aromatic heterocycles. The van der Waals surface area contributed by atoms with Crippen LogP contribution in [0.2, 0.25) is 0 Å². The summed E-state index contributed by atoms with van der Waals surface area (Å²) in [5.74, 6) is -0.748. The Hall–Kier alpha value is -2.03. The fourth-order valence-electron chi connectivity index (χ4n) is 3.89. The molecule has 3 nitrogen and oxygen atoms in total. The van der Waals surface area contributed by atoms with Gasteiger partial charge in [-0.15, -0.1) is 18.4 Å². The number of benzene rings is 1. The Balaban J connectivity index is 1.79. The Labute approximate surface area is 187 Å². The number of carbonyl (C=O) groups is 2. The van der Waals surface area contributed by atoms with Crippen molar-refractivity contribution in [1.29, 1.82) is 0 Å². The van der Waals surface area contributed by atoms with Crippen LogP contribution in [-0.2, 0) is 16.0 Å². The van der Waals surface area contributed by atoms with Crippen LogP contribution in [0.3, 0.4) is 0 Å². The Morgan fingerprint density at radius 1 is 0.900 bits per heavy atom. The molecule has 1 heterocycles. The van der Waals surface area contributed by atoms with Gasteiger partial charge < -0.3 is 0 Å². The minimum Gasteiger partial charge on any atom is -0.268 e. The molecule has 162 valence electrons. The molecule has 0 saturated carbocycles. The van der Waals surface area contributed by atoms with Crippen molar-refractivity contribution in [3.8, 4) is 0 Å². The maximum absolute atomic E-state index is 12.7. The second kappa shape index (κ2) is 12.6. The molecular formula is C26H35NO2S. The van der Waals surface area contributed by atoms with E-state index in [2.05, 4.69) is 31.9 Å². The van der Waals surface area contributed by atoms with E-state index in [4.69, 9.17) is 0 Å². The topological polar surface area (TPSA) is 37.4 Å². The number of rotatable bonds is 12. The molecule has 1 aliphatic rings. The number of nitrogens with zero attached hydrogens (tertiary/aromatic N) is 1. The first-order chi connectivity index (χ1) is 14.5. The number of anilines is 1. The molecule has 2 amide bonds. The van der Waals surface area contributed by atoms with Gasteiger partial charge in [-0.25, -0.2) is 4.90 Å². The van der Waals surface area contributed by atoms with Crippen molar-refractivity contribution < 1.29 is 9.59 Å². The number of amides is 2. The first-order valence-electron chi connectivity index (χ1n) is 11.3. The number of thiol groups is 1. The molecule has 0 radical (unpaired) electrons. The van der Waals surface area contributed by atoms with Crippen molar-refractivity contribution >= 4 is 30.1 Å².